The second-order valence-corrected chi connectivity index (χ2v) is 4.79. The van der Waals surface area contributed by atoms with Gasteiger partial charge in [-0.25, -0.2) is 0 Å². The van der Waals surface area contributed by atoms with Gasteiger partial charge in [0.2, 0.25) is 0 Å². The van der Waals surface area contributed by atoms with Gasteiger partial charge in [0.15, 0.2) is 0 Å². The Bertz CT molecular complexity index is 349. The van der Waals surface area contributed by atoms with Gasteiger partial charge < -0.3 is 14.8 Å². The summed E-state index contributed by atoms with van der Waals surface area (Å²) >= 11 is 5.85. The first kappa shape index (κ1) is 13.4. The minimum atomic E-state index is -1.10. The summed E-state index contributed by atoms with van der Waals surface area (Å²) in [6.45, 7) is 3.91. The number of halogens is 1. The van der Waals surface area contributed by atoms with E-state index in [-0.39, 0.29) is 18.6 Å². The summed E-state index contributed by atoms with van der Waals surface area (Å²) in [5.41, 5.74) is 0.0888. The molecule has 1 rings (SSSR count). The van der Waals surface area contributed by atoms with Gasteiger partial charge in [0.05, 0.1) is 11.6 Å². The Hall–Kier alpha value is -0.615. The van der Waals surface area contributed by atoms with Gasteiger partial charge >= 0.3 is 7.12 Å². The smallest absolute Gasteiger partial charge is 0.423 e. The quantitative estimate of drug-likeness (QED) is 0.738. The van der Waals surface area contributed by atoms with E-state index in [1.807, 2.05) is 13.8 Å². The van der Waals surface area contributed by atoms with E-state index in [0.29, 0.717) is 10.5 Å². The van der Waals surface area contributed by atoms with Gasteiger partial charge in [0.1, 0.15) is 0 Å². The molecule has 0 amide bonds. The van der Waals surface area contributed by atoms with E-state index in [9.17, 15) is 5.02 Å². The molecular formula is C10H15BClNO3. The van der Waals surface area contributed by atoms with Crippen LogP contribution in [-0.4, -0.2) is 35.4 Å². The van der Waals surface area contributed by atoms with Crippen LogP contribution < -0.4 is 5.46 Å². The van der Waals surface area contributed by atoms with Gasteiger partial charge in [-0.1, -0.05) is 25.4 Å². The fourth-order valence-electron chi connectivity index (χ4n) is 1.03. The summed E-state index contributed by atoms with van der Waals surface area (Å²) in [5, 5.41) is 19.1. The molecule has 0 aliphatic carbocycles. The number of pyridine rings is 1. The fourth-order valence-corrected chi connectivity index (χ4v) is 1.24. The first-order valence-electron chi connectivity index (χ1n) is 4.96. The van der Waals surface area contributed by atoms with Crippen LogP contribution in [0.15, 0.2) is 18.5 Å². The van der Waals surface area contributed by atoms with Gasteiger partial charge in [0.25, 0.3) is 0 Å². The summed E-state index contributed by atoms with van der Waals surface area (Å²) in [6.07, 6.45) is 2.98. The largest absolute Gasteiger partial charge is 0.492 e. The van der Waals surface area contributed by atoms with Crippen molar-refractivity contribution in [3.8, 4) is 0 Å². The Balaban J connectivity index is 2.60. The zero-order valence-electron chi connectivity index (χ0n) is 9.35. The number of hydrogen-bond acceptors (Lipinski definition) is 4. The second-order valence-electron chi connectivity index (χ2n) is 4.38. The van der Waals surface area contributed by atoms with Crippen molar-refractivity contribution in [1.29, 1.82) is 0 Å². The molecular weight excluding hydrogens is 228 g/mol. The van der Waals surface area contributed by atoms with E-state index in [1.54, 1.807) is 6.07 Å². The molecule has 0 radical (unpaired) electrons. The Labute approximate surface area is 100 Å². The Morgan fingerprint density at radius 3 is 2.81 bits per heavy atom. The SMILES string of the molecule is CC(C)(CO)COB(O)c1ccncc1Cl. The van der Waals surface area contributed by atoms with Gasteiger partial charge in [0, 0.05) is 29.9 Å². The predicted octanol–water partition coefficient (Wildman–Crippen LogP) is 0.458. The third kappa shape index (κ3) is 3.75. The van der Waals surface area contributed by atoms with Crippen molar-refractivity contribution in [2.24, 2.45) is 5.41 Å². The molecule has 4 nitrogen and oxygen atoms in total. The molecule has 1 heterocycles. The molecule has 0 bridgehead atoms. The summed E-state index contributed by atoms with van der Waals surface area (Å²) in [6, 6.07) is 1.60. The van der Waals surface area contributed by atoms with Crippen molar-refractivity contribution in [1.82, 2.24) is 4.98 Å². The number of aliphatic hydroxyl groups excluding tert-OH is 1. The van der Waals surface area contributed by atoms with E-state index in [4.69, 9.17) is 21.4 Å². The first-order chi connectivity index (χ1) is 7.46. The highest BCUT2D eigenvalue weighted by Crippen LogP contribution is 2.14. The second kappa shape index (κ2) is 5.64. The molecule has 0 unspecified atom stereocenters. The monoisotopic (exact) mass is 243 g/mol. The molecule has 0 aromatic carbocycles. The lowest BCUT2D eigenvalue weighted by atomic mass is 9.79. The summed E-state index contributed by atoms with van der Waals surface area (Å²) < 4.78 is 5.25. The standard InChI is InChI=1S/C10H15BClNO3/c1-10(2,6-14)7-16-11(15)8-3-4-13-5-9(8)12/h3-5,14-15H,6-7H2,1-2H3. The van der Waals surface area contributed by atoms with E-state index in [2.05, 4.69) is 4.98 Å². The molecule has 0 spiro atoms. The van der Waals surface area contributed by atoms with Crippen LogP contribution in [0, 0.1) is 5.41 Å². The van der Waals surface area contributed by atoms with Crippen molar-refractivity contribution in [2.45, 2.75) is 13.8 Å². The predicted molar refractivity (Wildman–Crippen MR) is 63.7 cm³/mol. The molecule has 0 fully saturated rings. The Morgan fingerprint density at radius 1 is 1.56 bits per heavy atom. The van der Waals surface area contributed by atoms with Crippen molar-refractivity contribution >= 4 is 24.2 Å². The third-order valence-electron chi connectivity index (χ3n) is 2.13. The number of aliphatic hydroxyl groups is 1. The average Bonchev–Trinajstić information content (AvgIpc) is 2.27. The molecule has 88 valence electrons. The summed E-state index contributed by atoms with van der Waals surface area (Å²) in [7, 11) is -1.10. The van der Waals surface area contributed by atoms with Crippen molar-refractivity contribution in [3.05, 3.63) is 23.5 Å². The normalized spacial score (nSPS) is 11.6. The highest BCUT2D eigenvalue weighted by molar-refractivity contribution is 6.63. The molecule has 0 saturated heterocycles. The van der Waals surface area contributed by atoms with Gasteiger partial charge in [-0.3, -0.25) is 4.98 Å². The highest BCUT2D eigenvalue weighted by atomic mass is 35.5. The minimum absolute atomic E-state index is 0.0101. The first-order valence-corrected chi connectivity index (χ1v) is 5.34. The third-order valence-corrected chi connectivity index (χ3v) is 2.45. The topological polar surface area (TPSA) is 62.6 Å². The maximum Gasteiger partial charge on any atom is 0.492 e. The van der Waals surface area contributed by atoms with Crippen LogP contribution >= 0.6 is 11.6 Å². The lowest BCUT2D eigenvalue weighted by Gasteiger charge is -2.22. The fraction of sp³-hybridized carbons (Fsp3) is 0.500. The summed E-state index contributed by atoms with van der Waals surface area (Å²) in [5.74, 6) is 0. The maximum absolute atomic E-state index is 9.74. The van der Waals surface area contributed by atoms with Crippen molar-refractivity contribution < 1.29 is 14.8 Å². The van der Waals surface area contributed by atoms with Gasteiger partial charge in [-0.15, -0.1) is 0 Å². The highest BCUT2D eigenvalue weighted by Gasteiger charge is 2.24. The Kier molecular flexibility index (Phi) is 4.74. The number of rotatable bonds is 5. The van der Waals surface area contributed by atoms with Gasteiger partial charge in [-0.05, 0) is 6.07 Å². The minimum Gasteiger partial charge on any atom is -0.423 e. The van der Waals surface area contributed by atoms with Crippen LogP contribution in [0.5, 0.6) is 0 Å². The zero-order valence-corrected chi connectivity index (χ0v) is 10.1. The molecule has 0 aliphatic rings. The van der Waals surface area contributed by atoms with Crippen LogP contribution in [0.3, 0.4) is 0 Å². The average molecular weight is 243 g/mol. The molecule has 2 N–H and O–H groups in total. The van der Waals surface area contributed by atoms with Crippen molar-refractivity contribution in [3.63, 3.8) is 0 Å². The van der Waals surface area contributed by atoms with Crippen LogP contribution in [0.2, 0.25) is 5.02 Å². The number of hydrogen-bond donors (Lipinski definition) is 2. The van der Waals surface area contributed by atoms with Crippen LogP contribution in [0.25, 0.3) is 0 Å². The van der Waals surface area contributed by atoms with E-state index in [1.165, 1.54) is 12.4 Å². The molecule has 0 aliphatic heterocycles. The van der Waals surface area contributed by atoms with Crippen LogP contribution in [0.4, 0.5) is 0 Å². The van der Waals surface area contributed by atoms with Gasteiger partial charge in [-0.2, -0.15) is 0 Å². The van der Waals surface area contributed by atoms with E-state index in [0.717, 1.165) is 0 Å². The molecule has 0 atom stereocenters. The molecule has 6 heteroatoms. The van der Waals surface area contributed by atoms with E-state index >= 15 is 0 Å². The van der Waals surface area contributed by atoms with E-state index < -0.39 is 7.12 Å². The van der Waals surface area contributed by atoms with Crippen LogP contribution in [-0.2, 0) is 4.65 Å². The molecule has 1 aromatic rings. The number of nitrogens with zero attached hydrogens (tertiary/aromatic N) is 1. The lowest BCUT2D eigenvalue weighted by Crippen LogP contribution is -2.38. The maximum atomic E-state index is 9.74. The molecule has 16 heavy (non-hydrogen) atoms. The Morgan fingerprint density at radius 2 is 2.25 bits per heavy atom. The molecule has 1 aromatic heterocycles. The lowest BCUT2D eigenvalue weighted by molar-refractivity contribution is 0.0886. The molecule has 0 saturated carbocycles. The van der Waals surface area contributed by atoms with Crippen molar-refractivity contribution in [2.75, 3.05) is 13.2 Å². The van der Waals surface area contributed by atoms with Crippen LogP contribution in [0.1, 0.15) is 13.8 Å². The number of aromatic nitrogens is 1. The summed E-state index contributed by atoms with van der Waals surface area (Å²) in [4.78, 5) is 3.81. The zero-order chi connectivity index (χ0) is 12.2.